The van der Waals surface area contributed by atoms with Gasteiger partial charge in [0.25, 0.3) is 5.91 Å². The molecule has 0 radical (unpaired) electrons. The van der Waals surface area contributed by atoms with E-state index >= 15 is 0 Å². The maximum absolute atomic E-state index is 11.9. The number of anilines is 1. The Kier molecular flexibility index (Phi) is 7.43. The van der Waals surface area contributed by atoms with Crippen LogP contribution in [-0.2, 0) is 16.0 Å². The third-order valence-corrected chi connectivity index (χ3v) is 4.57. The van der Waals surface area contributed by atoms with Crippen molar-refractivity contribution in [2.24, 2.45) is 5.73 Å². The van der Waals surface area contributed by atoms with Crippen LogP contribution in [0.4, 0.5) is 5.69 Å². The first-order valence-corrected chi connectivity index (χ1v) is 9.10. The molecule has 0 aromatic heterocycles. The van der Waals surface area contributed by atoms with Crippen molar-refractivity contribution in [3.8, 4) is 5.75 Å². The number of nitrogens with two attached hydrogens (primary N) is 1. The summed E-state index contributed by atoms with van der Waals surface area (Å²) in [5.41, 5.74) is 8.18. The summed E-state index contributed by atoms with van der Waals surface area (Å²) in [5, 5.41) is 5.66. The average Bonchev–Trinajstić information content (AvgIpc) is 3.42. The van der Waals surface area contributed by atoms with Gasteiger partial charge in [0.2, 0.25) is 5.91 Å². The second kappa shape index (κ2) is 9.57. The number of carbonyl (C=O) groups excluding carboxylic acids is 2. The maximum Gasteiger partial charge on any atom is 0.262 e. The fraction of sp³-hybridized carbons (Fsp3) is 0.333. The first-order valence-electron chi connectivity index (χ1n) is 9.10. The third kappa shape index (κ3) is 6.25. The van der Waals surface area contributed by atoms with Crippen molar-refractivity contribution in [3.05, 3.63) is 59.7 Å². The van der Waals surface area contributed by atoms with Gasteiger partial charge in [-0.15, -0.1) is 12.4 Å². The summed E-state index contributed by atoms with van der Waals surface area (Å²) in [6, 6.07) is 15.1. The van der Waals surface area contributed by atoms with Crippen molar-refractivity contribution >= 4 is 29.9 Å². The van der Waals surface area contributed by atoms with Crippen molar-refractivity contribution in [3.63, 3.8) is 0 Å². The van der Waals surface area contributed by atoms with Crippen LogP contribution in [0.2, 0.25) is 0 Å². The summed E-state index contributed by atoms with van der Waals surface area (Å²) < 4.78 is 5.52. The Bertz CT molecular complexity index is 803. The van der Waals surface area contributed by atoms with Gasteiger partial charge in [0, 0.05) is 12.2 Å². The highest BCUT2D eigenvalue weighted by atomic mass is 35.5. The molecule has 0 bridgehead atoms. The lowest BCUT2D eigenvalue weighted by atomic mass is 10.1. The Morgan fingerprint density at radius 3 is 2.32 bits per heavy atom. The molecule has 1 fully saturated rings. The molecule has 1 saturated carbocycles. The van der Waals surface area contributed by atoms with Crippen LogP contribution in [0.25, 0.3) is 0 Å². The highest BCUT2D eigenvalue weighted by Gasteiger charge is 2.45. The molecule has 0 unspecified atom stereocenters. The molecular weight excluding hydrogens is 378 g/mol. The zero-order chi connectivity index (χ0) is 19.3. The first kappa shape index (κ1) is 21.7. The van der Waals surface area contributed by atoms with Crippen molar-refractivity contribution in [2.45, 2.75) is 31.7 Å². The Labute approximate surface area is 171 Å². The Balaban J connectivity index is 0.00000280. The van der Waals surface area contributed by atoms with Gasteiger partial charge in [-0.05, 0) is 56.0 Å². The fourth-order valence-electron chi connectivity index (χ4n) is 2.59. The maximum atomic E-state index is 11.9. The number of hydrogen-bond acceptors (Lipinski definition) is 4. The normalized spacial score (nSPS) is 13.8. The molecule has 0 atom stereocenters. The van der Waals surface area contributed by atoms with Crippen LogP contribution in [0.15, 0.2) is 48.5 Å². The Hall–Kier alpha value is -2.57. The summed E-state index contributed by atoms with van der Waals surface area (Å²) in [4.78, 5) is 23.7. The molecule has 3 rings (SSSR count). The van der Waals surface area contributed by atoms with Gasteiger partial charge in [0.05, 0.1) is 5.54 Å². The second-order valence-corrected chi connectivity index (χ2v) is 7.01. The van der Waals surface area contributed by atoms with Crippen LogP contribution in [0.3, 0.4) is 0 Å². The predicted octanol–water partition coefficient (Wildman–Crippen LogP) is 2.58. The van der Waals surface area contributed by atoms with E-state index in [0.717, 1.165) is 36.1 Å². The number of benzene rings is 2. The lowest BCUT2D eigenvalue weighted by Crippen LogP contribution is -2.43. The highest BCUT2D eigenvalue weighted by molar-refractivity contribution is 5.91. The van der Waals surface area contributed by atoms with Crippen molar-refractivity contribution in [1.29, 1.82) is 0 Å². The van der Waals surface area contributed by atoms with E-state index in [2.05, 4.69) is 10.6 Å². The molecule has 4 N–H and O–H groups in total. The Morgan fingerprint density at radius 2 is 1.71 bits per heavy atom. The van der Waals surface area contributed by atoms with Crippen LogP contribution in [0.1, 0.15) is 24.0 Å². The molecule has 2 amide bonds. The standard InChI is InChI=1S/C21H25N3O3.ClH/c1-15-2-6-17(7-3-15)24-19(25)14-27-18-8-4-16(5-9-18)10-13-23-20(26)21(22)11-12-21;/h2-9H,10-14,22H2,1H3,(H,23,26)(H,24,25);1H. The number of carbonyl (C=O) groups is 2. The van der Waals surface area contributed by atoms with Crippen LogP contribution in [0, 0.1) is 6.92 Å². The number of ether oxygens (including phenoxy) is 1. The van der Waals surface area contributed by atoms with Gasteiger partial charge in [-0.1, -0.05) is 29.8 Å². The molecule has 1 aliphatic carbocycles. The van der Waals surface area contributed by atoms with Crippen LogP contribution < -0.4 is 21.1 Å². The smallest absolute Gasteiger partial charge is 0.262 e. The highest BCUT2D eigenvalue weighted by Crippen LogP contribution is 2.31. The second-order valence-electron chi connectivity index (χ2n) is 7.01. The van der Waals surface area contributed by atoms with Gasteiger partial charge in [0.15, 0.2) is 6.61 Å². The van der Waals surface area contributed by atoms with Crippen LogP contribution in [-0.4, -0.2) is 30.5 Å². The number of aryl methyl sites for hydroxylation is 1. The van der Waals surface area contributed by atoms with E-state index in [1.54, 1.807) is 0 Å². The minimum absolute atomic E-state index is 0. The molecule has 0 aliphatic heterocycles. The van der Waals surface area contributed by atoms with E-state index in [1.165, 1.54) is 0 Å². The van der Waals surface area contributed by atoms with Crippen molar-refractivity contribution in [2.75, 3.05) is 18.5 Å². The lowest BCUT2D eigenvalue weighted by Gasteiger charge is -2.10. The topological polar surface area (TPSA) is 93.5 Å². The minimum Gasteiger partial charge on any atom is -0.484 e. The summed E-state index contributed by atoms with van der Waals surface area (Å²) >= 11 is 0. The molecule has 1 aliphatic rings. The predicted molar refractivity (Wildman–Crippen MR) is 112 cm³/mol. The molecular formula is C21H26ClN3O3. The monoisotopic (exact) mass is 403 g/mol. The molecule has 2 aromatic rings. The van der Waals surface area contributed by atoms with Gasteiger partial charge in [-0.2, -0.15) is 0 Å². The van der Waals surface area contributed by atoms with E-state index in [1.807, 2.05) is 55.5 Å². The molecule has 150 valence electrons. The summed E-state index contributed by atoms with van der Waals surface area (Å²) in [5.74, 6) is 0.351. The SMILES string of the molecule is Cc1ccc(NC(=O)COc2ccc(CCNC(=O)C3(N)CC3)cc2)cc1.Cl. The molecule has 6 nitrogen and oxygen atoms in total. The Morgan fingerprint density at radius 1 is 1.07 bits per heavy atom. The summed E-state index contributed by atoms with van der Waals surface area (Å²) in [7, 11) is 0. The number of amides is 2. The van der Waals surface area contributed by atoms with E-state index < -0.39 is 5.54 Å². The van der Waals surface area contributed by atoms with Gasteiger partial charge >= 0.3 is 0 Å². The zero-order valence-electron chi connectivity index (χ0n) is 15.9. The molecule has 0 spiro atoms. The zero-order valence-corrected chi connectivity index (χ0v) is 16.7. The van der Waals surface area contributed by atoms with E-state index in [0.29, 0.717) is 12.3 Å². The number of rotatable bonds is 8. The van der Waals surface area contributed by atoms with Crippen molar-refractivity contribution in [1.82, 2.24) is 5.32 Å². The van der Waals surface area contributed by atoms with Gasteiger partial charge < -0.3 is 21.1 Å². The minimum atomic E-state index is -0.628. The van der Waals surface area contributed by atoms with E-state index in [-0.39, 0.29) is 30.8 Å². The van der Waals surface area contributed by atoms with Gasteiger partial charge in [-0.25, -0.2) is 0 Å². The third-order valence-electron chi connectivity index (χ3n) is 4.57. The summed E-state index contributed by atoms with van der Waals surface area (Å²) in [6.45, 7) is 2.49. The average molecular weight is 404 g/mol. The van der Waals surface area contributed by atoms with Gasteiger partial charge in [-0.3, -0.25) is 9.59 Å². The number of nitrogens with one attached hydrogen (secondary N) is 2. The number of halogens is 1. The lowest BCUT2D eigenvalue weighted by molar-refractivity contribution is -0.123. The first-order chi connectivity index (χ1) is 12.9. The molecule has 2 aromatic carbocycles. The quantitative estimate of drug-likeness (QED) is 0.631. The van der Waals surface area contributed by atoms with Crippen LogP contribution in [0.5, 0.6) is 5.75 Å². The van der Waals surface area contributed by atoms with Crippen LogP contribution >= 0.6 is 12.4 Å². The molecule has 28 heavy (non-hydrogen) atoms. The largest absolute Gasteiger partial charge is 0.484 e. The molecule has 0 saturated heterocycles. The molecule has 7 heteroatoms. The number of hydrogen-bond donors (Lipinski definition) is 3. The van der Waals surface area contributed by atoms with E-state index in [9.17, 15) is 9.59 Å². The van der Waals surface area contributed by atoms with Crippen molar-refractivity contribution < 1.29 is 14.3 Å². The fourth-order valence-corrected chi connectivity index (χ4v) is 2.59. The van der Waals surface area contributed by atoms with E-state index in [4.69, 9.17) is 10.5 Å². The molecule has 0 heterocycles. The summed E-state index contributed by atoms with van der Waals surface area (Å²) in [6.07, 6.45) is 2.25. The van der Waals surface area contributed by atoms with Gasteiger partial charge in [0.1, 0.15) is 5.75 Å².